The van der Waals surface area contributed by atoms with E-state index in [1.54, 1.807) is 0 Å². The van der Waals surface area contributed by atoms with Gasteiger partial charge in [-0.05, 0) is 0 Å². The van der Waals surface area contributed by atoms with Gasteiger partial charge < -0.3 is 15.6 Å². The first-order valence-electron chi connectivity index (χ1n) is 2.81. The Balaban J connectivity index is 2.44. The van der Waals surface area contributed by atoms with Crippen molar-refractivity contribution in [3.8, 4) is 0 Å². The molecule has 1 aliphatic heterocycles. The Morgan fingerprint density at radius 1 is 1.89 bits per heavy atom. The minimum absolute atomic E-state index is 0.126. The average Bonchev–Trinajstić information content (AvgIpc) is 2.13. The van der Waals surface area contributed by atoms with E-state index >= 15 is 0 Å². The number of cyclic esters (lactones) is 1. The van der Waals surface area contributed by atoms with Crippen molar-refractivity contribution in [2.75, 3.05) is 6.61 Å². The van der Waals surface area contributed by atoms with E-state index in [1.165, 1.54) is 0 Å². The van der Waals surface area contributed by atoms with Crippen LogP contribution >= 0.6 is 0 Å². The lowest BCUT2D eigenvalue weighted by Gasteiger charge is -2.00. The third-order valence-corrected chi connectivity index (χ3v) is 1.31. The summed E-state index contributed by atoms with van der Waals surface area (Å²) in [7, 11) is 0. The van der Waals surface area contributed by atoms with Gasteiger partial charge in [-0.1, -0.05) is 0 Å². The predicted octanol–water partition coefficient (Wildman–Crippen LogP) is -1.38. The molecule has 0 radical (unpaired) electrons. The normalized spacial score (nSPS) is 34.7. The maximum atomic E-state index is 10.5. The molecule has 0 bridgehead atoms. The van der Waals surface area contributed by atoms with Crippen molar-refractivity contribution in [1.29, 1.82) is 0 Å². The van der Waals surface area contributed by atoms with Gasteiger partial charge in [0.05, 0.1) is 6.61 Å². The van der Waals surface area contributed by atoms with Crippen molar-refractivity contribution < 1.29 is 14.6 Å². The van der Waals surface area contributed by atoms with Gasteiger partial charge in [0.2, 0.25) is 0 Å². The lowest BCUT2D eigenvalue weighted by molar-refractivity contribution is -0.143. The van der Waals surface area contributed by atoms with E-state index in [2.05, 4.69) is 4.74 Å². The Morgan fingerprint density at radius 3 is 2.78 bits per heavy atom. The van der Waals surface area contributed by atoms with E-state index in [0.717, 1.165) is 0 Å². The lowest BCUT2D eigenvalue weighted by Crippen LogP contribution is -2.24. The summed E-state index contributed by atoms with van der Waals surface area (Å²) >= 11 is 0. The molecule has 0 saturated carbocycles. The van der Waals surface area contributed by atoms with Gasteiger partial charge in [0.1, 0.15) is 12.1 Å². The van der Waals surface area contributed by atoms with Gasteiger partial charge in [0, 0.05) is 6.42 Å². The number of aliphatic hydroxyl groups excluding tert-OH is 1. The largest absolute Gasteiger partial charge is 0.459 e. The van der Waals surface area contributed by atoms with Crippen molar-refractivity contribution in [2.45, 2.75) is 18.6 Å². The van der Waals surface area contributed by atoms with Gasteiger partial charge >= 0.3 is 5.97 Å². The van der Waals surface area contributed by atoms with Crippen molar-refractivity contribution in [1.82, 2.24) is 0 Å². The standard InChI is InChI=1S/C5H9NO3/c6-4-1-3(2-7)9-5(4)8/h3-4,7H,1-2,6H2/t3-,4+/m1/s1. The second-order valence-electron chi connectivity index (χ2n) is 2.08. The molecule has 1 aliphatic rings. The molecule has 2 atom stereocenters. The summed E-state index contributed by atoms with van der Waals surface area (Å²) in [6.45, 7) is -0.126. The Labute approximate surface area is 52.6 Å². The highest BCUT2D eigenvalue weighted by atomic mass is 16.6. The van der Waals surface area contributed by atoms with Gasteiger partial charge in [0.25, 0.3) is 0 Å². The van der Waals surface area contributed by atoms with Crippen LogP contribution in [0.3, 0.4) is 0 Å². The fourth-order valence-corrected chi connectivity index (χ4v) is 0.791. The molecule has 4 heteroatoms. The maximum Gasteiger partial charge on any atom is 0.323 e. The quantitative estimate of drug-likeness (QED) is 0.430. The second-order valence-corrected chi connectivity index (χ2v) is 2.08. The Morgan fingerprint density at radius 2 is 2.56 bits per heavy atom. The number of nitrogens with two attached hydrogens (primary N) is 1. The summed E-state index contributed by atoms with van der Waals surface area (Å²) in [5.41, 5.74) is 5.26. The number of esters is 1. The molecule has 0 amide bonds. The highest BCUT2D eigenvalue weighted by Crippen LogP contribution is 2.11. The molecular formula is C5H9NO3. The number of carbonyl (C=O) groups is 1. The number of carbonyl (C=O) groups excluding carboxylic acids is 1. The fourth-order valence-electron chi connectivity index (χ4n) is 0.791. The fraction of sp³-hybridized carbons (Fsp3) is 0.800. The monoisotopic (exact) mass is 131 g/mol. The smallest absolute Gasteiger partial charge is 0.323 e. The SMILES string of the molecule is N[C@H]1C[C@H](CO)OC1=O. The maximum absolute atomic E-state index is 10.5. The lowest BCUT2D eigenvalue weighted by atomic mass is 10.2. The Hall–Kier alpha value is -0.610. The number of hydrogen-bond acceptors (Lipinski definition) is 4. The molecule has 9 heavy (non-hydrogen) atoms. The molecule has 0 unspecified atom stereocenters. The number of aliphatic hydroxyl groups is 1. The molecule has 1 rings (SSSR count). The molecule has 4 nitrogen and oxygen atoms in total. The highest BCUT2D eigenvalue weighted by molar-refractivity contribution is 5.77. The van der Waals surface area contributed by atoms with Crippen LogP contribution in [0.2, 0.25) is 0 Å². The van der Waals surface area contributed by atoms with Crippen molar-refractivity contribution in [3.05, 3.63) is 0 Å². The van der Waals surface area contributed by atoms with Crippen LogP contribution in [0.15, 0.2) is 0 Å². The summed E-state index contributed by atoms with van der Waals surface area (Å²) in [4.78, 5) is 10.5. The molecular weight excluding hydrogens is 122 g/mol. The summed E-state index contributed by atoms with van der Waals surface area (Å²) in [6, 6.07) is -0.526. The van der Waals surface area contributed by atoms with Crippen LogP contribution in [0.5, 0.6) is 0 Å². The molecule has 0 aromatic rings. The zero-order chi connectivity index (χ0) is 6.85. The zero-order valence-corrected chi connectivity index (χ0v) is 4.91. The summed E-state index contributed by atoms with van der Waals surface area (Å²) in [5, 5.41) is 8.47. The van der Waals surface area contributed by atoms with E-state index < -0.39 is 12.0 Å². The van der Waals surface area contributed by atoms with E-state index in [1.807, 2.05) is 0 Å². The third kappa shape index (κ3) is 1.20. The molecule has 52 valence electrons. The highest BCUT2D eigenvalue weighted by Gasteiger charge is 2.30. The Bertz CT molecular complexity index is 125. The first-order chi connectivity index (χ1) is 4.24. The van der Waals surface area contributed by atoms with E-state index in [0.29, 0.717) is 6.42 Å². The van der Waals surface area contributed by atoms with Crippen LogP contribution in [0.1, 0.15) is 6.42 Å². The van der Waals surface area contributed by atoms with Crippen LogP contribution < -0.4 is 5.73 Å². The van der Waals surface area contributed by atoms with Gasteiger partial charge in [0.15, 0.2) is 0 Å². The summed E-state index contributed by atoms with van der Waals surface area (Å²) < 4.78 is 4.61. The number of rotatable bonds is 1. The van der Waals surface area contributed by atoms with E-state index in [4.69, 9.17) is 10.8 Å². The minimum atomic E-state index is -0.526. The van der Waals surface area contributed by atoms with Crippen LogP contribution in [0.4, 0.5) is 0 Å². The number of hydrogen-bond donors (Lipinski definition) is 2. The van der Waals surface area contributed by atoms with Gasteiger partial charge in [-0.3, -0.25) is 4.79 Å². The molecule has 0 spiro atoms. The third-order valence-electron chi connectivity index (χ3n) is 1.31. The molecule has 3 N–H and O–H groups in total. The topological polar surface area (TPSA) is 72.6 Å². The summed E-state index contributed by atoms with van der Waals surface area (Å²) in [5.74, 6) is -0.408. The second kappa shape index (κ2) is 2.33. The van der Waals surface area contributed by atoms with Crippen LogP contribution in [0.25, 0.3) is 0 Å². The van der Waals surface area contributed by atoms with Gasteiger partial charge in [-0.15, -0.1) is 0 Å². The van der Waals surface area contributed by atoms with Crippen LogP contribution in [-0.2, 0) is 9.53 Å². The molecule has 0 aromatic carbocycles. The first kappa shape index (κ1) is 6.51. The molecule has 1 heterocycles. The van der Waals surface area contributed by atoms with Crippen molar-refractivity contribution >= 4 is 5.97 Å². The van der Waals surface area contributed by atoms with Crippen molar-refractivity contribution in [2.24, 2.45) is 5.73 Å². The van der Waals surface area contributed by atoms with Gasteiger partial charge in [-0.25, -0.2) is 0 Å². The molecule has 1 saturated heterocycles. The average molecular weight is 131 g/mol. The number of ether oxygens (including phenoxy) is 1. The van der Waals surface area contributed by atoms with Crippen LogP contribution in [0, 0.1) is 0 Å². The Kier molecular flexibility index (Phi) is 1.68. The molecule has 0 aliphatic carbocycles. The first-order valence-corrected chi connectivity index (χ1v) is 2.81. The van der Waals surface area contributed by atoms with E-state index in [-0.39, 0.29) is 12.7 Å². The predicted molar refractivity (Wildman–Crippen MR) is 29.6 cm³/mol. The van der Waals surface area contributed by atoms with E-state index in [9.17, 15) is 4.79 Å². The molecule has 1 fully saturated rings. The van der Waals surface area contributed by atoms with Crippen molar-refractivity contribution in [3.63, 3.8) is 0 Å². The minimum Gasteiger partial charge on any atom is -0.459 e. The van der Waals surface area contributed by atoms with Gasteiger partial charge in [-0.2, -0.15) is 0 Å². The zero-order valence-electron chi connectivity index (χ0n) is 4.91. The summed E-state index contributed by atoms with van der Waals surface area (Å²) in [6.07, 6.45) is 0.0718. The van der Waals surface area contributed by atoms with Crippen LogP contribution in [-0.4, -0.2) is 29.8 Å². The molecule has 0 aromatic heterocycles.